The van der Waals surface area contributed by atoms with Crippen LogP contribution in [-0.2, 0) is 20.0 Å². The number of aromatic nitrogens is 6. The molecule has 2 aliphatic carbocycles. The van der Waals surface area contributed by atoms with Crippen LogP contribution in [0, 0.1) is 22.7 Å². The molecule has 6 heterocycles. The molecule has 0 spiro atoms. The van der Waals surface area contributed by atoms with E-state index in [1.807, 2.05) is 23.5 Å². The van der Waals surface area contributed by atoms with Crippen LogP contribution >= 0.6 is 51.0 Å². The van der Waals surface area contributed by atoms with Crippen molar-refractivity contribution < 1.29 is 53.5 Å². The second kappa shape index (κ2) is 26.9. The first-order valence-electron chi connectivity index (χ1n) is 25.6. The van der Waals surface area contributed by atoms with Crippen molar-refractivity contribution in [1.82, 2.24) is 44.3 Å². The highest BCUT2D eigenvalue weighted by atomic mass is 35.5. The second-order valence-electron chi connectivity index (χ2n) is 22.0. The zero-order chi connectivity index (χ0) is 57.1. The molecular weight excluding hydrogens is 1190 g/mol. The molecule has 6 aromatic rings. The summed E-state index contributed by atoms with van der Waals surface area (Å²) in [4.78, 5) is 36.5. The molecule has 4 aliphatic rings. The smallest absolute Gasteiger partial charge is 0.268 e. The van der Waals surface area contributed by atoms with Crippen LogP contribution < -0.4 is 29.1 Å². The van der Waals surface area contributed by atoms with E-state index in [0.717, 1.165) is 12.3 Å². The molecule has 28 heteroatoms. The van der Waals surface area contributed by atoms with Gasteiger partial charge in [-0.3, -0.25) is 9.59 Å². The third-order valence-corrected chi connectivity index (χ3v) is 17.2. The van der Waals surface area contributed by atoms with E-state index in [4.69, 9.17) is 26.1 Å². The van der Waals surface area contributed by atoms with Crippen molar-refractivity contribution in [1.29, 1.82) is 0 Å². The maximum atomic E-state index is 13.3. The minimum atomic E-state index is -4.10. The van der Waals surface area contributed by atoms with Crippen LogP contribution in [0.5, 0.6) is 11.8 Å². The van der Waals surface area contributed by atoms with E-state index < -0.39 is 55.5 Å². The number of halogens is 6. The standard InChI is InChI=1S/C27H31F2N5O4S.C20H17ClF2N4O4S.C7H15N.ClH.2H2S/c1-18-15-26(2,3)33(16-18)23-20(24(35)32-39(36,37)19-7-5-4-6-8-19)9-10-21(30-23)34-14-11-22(31-34)38-17-27(12-13-27)25(28)29;21-17-14(18(28)26-32(29,30)13-4-2-1-3-5-13)6-7-15(24-17)27-11-8-16(25-27)31-12-20(9-10-20)19(22)23;1-6-4-7(2,3)8-5-6;;;/h4-11,14,18,25H,12-13,15-17H2,1-3H3,(H,32,35);1-8,11,19H,9-10,12H2,(H,26,28);6,8H,4-5H2,1-3H3;1H;2*1H2/t18-;;6-;;;/m0.0.../s1. The molecule has 18 nitrogen and oxygen atoms in total. The molecule has 0 unspecified atom stereocenters. The zero-order valence-corrected chi connectivity index (χ0v) is 51.0. The molecule has 4 aromatic heterocycles. The van der Waals surface area contributed by atoms with Crippen LogP contribution in [0.15, 0.2) is 119 Å². The lowest BCUT2D eigenvalue weighted by molar-refractivity contribution is 0.0300. The maximum absolute atomic E-state index is 13.3. The van der Waals surface area contributed by atoms with Gasteiger partial charge in [0, 0.05) is 42.1 Å². The van der Waals surface area contributed by atoms with Gasteiger partial charge in [-0.25, -0.2) is 63.2 Å². The SMILES string of the molecule is C[C@@H]1CN(c2nc(-n3ccc(OCC4(C(F)F)CC4)n3)ccc2C(=O)NS(=O)(=O)c2ccccc2)C(C)(C)C1.C[C@@H]1CNC(C)(C)C1.Cl.O=C(NS(=O)(=O)c1ccccc1)c1ccc(-n2ccc(OCC3(C(F)F)CC3)n2)nc1Cl.S.S. The van der Waals surface area contributed by atoms with Crippen LogP contribution in [0.25, 0.3) is 11.6 Å². The van der Waals surface area contributed by atoms with Crippen LogP contribution in [0.2, 0.25) is 5.15 Å². The van der Waals surface area contributed by atoms with Crippen molar-refractivity contribution >= 4 is 88.7 Å². The first-order chi connectivity index (χ1) is 37.2. The minimum absolute atomic E-state index is 0. The number of nitrogens with zero attached hydrogens (tertiary/aromatic N) is 7. The summed E-state index contributed by atoms with van der Waals surface area (Å²) in [7, 11) is -8.18. The first-order valence-corrected chi connectivity index (χ1v) is 28.9. The molecule has 4 fully saturated rings. The highest BCUT2D eigenvalue weighted by molar-refractivity contribution is 7.90. The number of hydrogen-bond donors (Lipinski definition) is 3. The van der Waals surface area contributed by atoms with Crippen molar-refractivity contribution in [3.63, 3.8) is 0 Å². The Bertz CT molecular complexity index is 3380. The number of carbonyl (C=O) groups excluding carboxylic acids is 2. The quantitative estimate of drug-likeness (QED) is 0.0572. The summed E-state index contributed by atoms with van der Waals surface area (Å²) in [5.41, 5.74) is -2.16. The number of benzene rings is 2. The lowest BCUT2D eigenvalue weighted by atomic mass is 9.97. The van der Waals surface area contributed by atoms with E-state index >= 15 is 0 Å². The van der Waals surface area contributed by atoms with E-state index in [2.05, 4.69) is 52.9 Å². The molecule has 2 amide bonds. The Balaban J connectivity index is 0.000000259. The number of rotatable bonds is 17. The fourth-order valence-corrected chi connectivity index (χ4v) is 11.6. The van der Waals surface area contributed by atoms with Crippen molar-refractivity contribution in [3.8, 4) is 23.4 Å². The van der Waals surface area contributed by atoms with E-state index in [0.29, 0.717) is 55.3 Å². The number of carbonyl (C=O) groups is 2. The summed E-state index contributed by atoms with van der Waals surface area (Å²) in [6.45, 7) is 14.6. The molecule has 3 N–H and O–H groups in total. The molecule has 2 aromatic carbocycles. The number of sulfonamides is 2. The fourth-order valence-electron chi connectivity index (χ4n) is 9.40. The van der Waals surface area contributed by atoms with Gasteiger partial charge in [-0.15, -0.1) is 22.6 Å². The van der Waals surface area contributed by atoms with Gasteiger partial charge in [0.1, 0.15) is 24.2 Å². The Morgan fingerprint density at radius 3 is 1.46 bits per heavy atom. The first kappa shape index (κ1) is 67.2. The number of hydrogen-bond acceptors (Lipinski definition) is 14. The number of nitrogens with one attached hydrogen (secondary N) is 3. The second-order valence-corrected chi connectivity index (χ2v) is 25.7. The molecule has 2 atom stereocenters. The summed E-state index contributed by atoms with van der Waals surface area (Å²) in [6, 6.07) is 23.9. The Hall–Kier alpha value is -5.64. The van der Waals surface area contributed by atoms with Gasteiger partial charge in [-0.1, -0.05) is 61.8 Å². The van der Waals surface area contributed by atoms with Gasteiger partial charge in [-0.05, 0) is 133 Å². The lowest BCUT2D eigenvalue weighted by Gasteiger charge is -2.34. The van der Waals surface area contributed by atoms with Crippen LogP contribution in [0.4, 0.5) is 23.4 Å². The molecule has 448 valence electrons. The molecule has 0 bridgehead atoms. The highest BCUT2D eigenvalue weighted by Gasteiger charge is 2.53. The highest BCUT2D eigenvalue weighted by Crippen LogP contribution is 2.51. The van der Waals surface area contributed by atoms with E-state index in [-0.39, 0.29) is 102 Å². The number of pyridine rings is 2. The van der Waals surface area contributed by atoms with Crippen molar-refractivity contribution in [3.05, 3.63) is 126 Å². The summed E-state index contributed by atoms with van der Waals surface area (Å²) in [5.74, 6) is 0.722. The Morgan fingerprint density at radius 1 is 0.659 bits per heavy atom. The topological polar surface area (TPSA) is 222 Å². The van der Waals surface area contributed by atoms with Gasteiger partial charge in [0.05, 0.1) is 31.7 Å². The van der Waals surface area contributed by atoms with Crippen LogP contribution in [-0.4, -0.2) is 108 Å². The maximum Gasteiger partial charge on any atom is 0.268 e. The van der Waals surface area contributed by atoms with Crippen molar-refractivity contribution in [2.24, 2.45) is 22.7 Å². The number of amides is 2. The third-order valence-electron chi connectivity index (χ3n) is 14.2. The average Bonchev–Trinajstić information content (AvgIpc) is 4.23. The lowest BCUT2D eigenvalue weighted by Crippen LogP contribution is -2.41. The summed E-state index contributed by atoms with van der Waals surface area (Å²) >= 11 is 6.10. The van der Waals surface area contributed by atoms with E-state index in [9.17, 15) is 44.0 Å². The number of alkyl halides is 4. The van der Waals surface area contributed by atoms with Gasteiger partial charge in [0.15, 0.2) is 11.6 Å². The van der Waals surface area contributed by atoms with Crippen LogP contribution in [0.3, 0.4) is 0 Å². The van der Waals surface area contributed by atoms with Gasteiger partial charge < -0.3 is 19.7 Å². The van der Waals surface area contributed by atoms with E-state index in [1.165, 1.54) is 89.2 Å². The molecule has 2 aliphatic heterocycles. The summed E-state index contributed by atoms with van der Waals surface area (Å²) < 4.78 is 121. The van der Waals surface area contributed by atoms with Crippen molar-refractivity contribution in [2.45, 2.75) is 114 Å². The monoisotopic (exact) mass is 1260 g/mol. The molecular formula is C54H68Cl2F4N10O8S4. The molecule has 82 heavy (non-hydrogen) atoms. The molecule has 2 saturated heterocycles. The number of anilines is 1. The van der Waals surface area contributed by atoms with Gasteiger partial charge in [0.25, 0.3) is 31.9 Å². The number of ether oxygens (including phenoxy) is 2. The predicted molar refractivity (Wildman–Crippen MR) is 315 cm³/mol. The molecule has 0 radical (unpaired) electrons. The third kappa shape index (κ3) is 16.4. The molecule has 10 rings (SSSR count). The van der Waals surface area contributed by atoms with Crippen LogP contribution in [0.1, 0.15) is 101 Å². The summed E-state index contributed by atoms with van der Waals surface area (Å²) in [6.07, 6.45) is 2.04. The largest absolute Gasteiger partial charge is 0.476 e. The Morgan fingerprint density at radius 2 is 1.10 bits per heavy atom. The summed E-state index contributed by atoms with van der Waals surface area (Å²) in [5, 5.41) is 11.7. The molecule has 2 saturated carbocycles. The normalized spacial score (nSPS) is 18.7. The Kier molecular flexibility index (Phi) is 22.1. The van der Waals surface area contributed by atoms with Gasteiger partial charge in [-0.2, -0.15) is 27.0 Å². The van der Waals surface area contributed by atoms with Gasteiger partial charge in [0.2, 0.25) is 24.6 Å². The minimum Gasteiger partial charge on any atom is -0.476 e. The van der Waals surface area contributed by atoms with Crippen molar-refractivity contribution in [2.75, 3.05) is 31.2 Å². The van der Waals surface area contributed by atoms with E-state index in [1.54, 1.807) is 42.6 Å². The Labute approximate surface area is 500 Å². The zero-order valence-electron chi connectivity index (χ0n) is 45.8. The average molecular weight is 1260 g/mol. The van der Waals surface area contributed by atoms with Gasteiger partial charge >= 0.3 is 0 Å². The fraction of sp³-hybridized carbons (Fsp3) is 0.444. The predicted octanol–water partition coefficient (Wildman–Crippen LogP) is 9.94.